The molecule has 0 bridgehead atoms. The molecule has 3 rings (SSSR count). The number of unbranched alkanes of at least 4 members (excludes halogenated alkanes) is 1. The Morgan fingerprint density at radius 2 is 1.93 bits per heavy atom. The summed E-state index contributed by atoms with van der Waals surface area (Å²) < 4.78 is 23.7. The zero-order valence-corrected chi connectivity index (χ0v) is 17.6. The Bertz CT molecular complexity index is 737. The van der Waals surface area contributed by atoms with Crippen LogP contribution in [0.1, 0.15) is 39.2 Å². The number of benzene rings is 1. The largest absolute Gasteiger partial charge is 0.481 e. The average molecular weight is 422 g/mol. The van der Waals surface area contributed by atoms with Crippen molar-refractivity contribution in [2.24, 2.45) is 0 Å². The van der Waals surface area contributed by atoms with Gasteiger partial charge in [0, 0.05) is 18.8 Å². The number of rotatable bonds is 9. The quantitative estimate of drug-likeness (QED) is 0.524. The van der Waals surface area contributed by atoms with Crippen LogP contribution in [0.15, 0.2) is 24.3 Å². The molecule has 2 aliphatic heterocycles. The fourth-order valence-electron chi connectivity index (χ4n) is 3.53. The highest BCUT2D eigenvalue weighted by atomic mass is 16.8. The highest BCUT2D eigenvalue weighted by Gasteiger charge is 2.55. The molecule has 0 unspecified atom stereocenters. The summed E-state index contributed by atoms with van der Waals surface area (Å²) in [7, 11) is 0. The maximum absolute atomic E-state index is 12.3. The first-order chi connectivity index (χ1) is 14.3. The van der Waals surface area contributed by atoms with E-state index in [-0.39, 0.29) is 25.2 Å². The Labute approximate surface area is 176 Å². The van der Waals surface area contributed by atoms with Gasteiger partial charge in [-0.15, -0.1) is 0 Å². The van der Waals surface area contributed by atoms with E-state index in [2.05, 4.69) is 17.6 Å². The molecular formula is C21H30N2O7. The molecule has 166 valence electrons. The Morgan fingerprint density at radius 3 is 2.60 bits per heavy atom. The van der Waals surface area contributed by atoms with Gasteiger partial charge >= 0.3 is 12.0 Å². The van der Waals surface area contributed by atoms with Crippen molar-refractivity contribution in [3.63, 3.8) is 0 Å². The second-order valence-electron chi connectivity index (χ2n) is 7.93. The second kappa shape index (κ2) is 9.74. The van der Waals surface area contributed by atoms with Gasteiger partial charge in [-0.05, 0) is 38.0 Å². The SMILES string of the molecule is CCCCO[C@@H]1[C@H]2OC(C)(C)O[C@H]2O[C@H]1CNC(=O)Nc1ccc(CC(=O)O)cc1. The van der Waals surface area contributed by atoms with Crippen molar-refractivity contribution in [2.75, 3.05) is 18.5 Å². The minimum atomic E-state index is -0.901. The zero-order chi connectivity index (χ0) is 21.7. The number of hydrogen-bond donors (Lipinski definition) is 3. The molecule has 2 amide bonds. The summed E-state index contributed by atoms with van der Waals surface area (Å²) in [6.45, 7) is 6.58. The lowest BCUT2D eigenvalue weighted by atomic mass is 10.1. The van der Waals surface area contributed by atoms with Gasteiger partial charge in [-0.3, -0.25) is 4.79 Å². The van der Waals surface area contributed by atoms with Crippen LogP contribution in [0.25, 0.3) is 0 Å². The minimum Gasteiger partial charge on any atom is -0.481 e. The lowest BCUT2D eigenvalue weighted by molar-refractivity contribution is -0.217. The van der Waals surface area contributed by atoms with Crippen LogP contribution in [0.4, 0.5) is 10.5 Å². The van der Waals surface area contributed by atoms with Crippen molar-refractivity contribution in [3.8, 4) is 0 Å². The highest BCUT2D eigenvalue weighted by molar-refractivity contribution is 5.89. The molecule has 1 aromatic rings. The first kappa shape index (κ1) is 22.5. The molecule has 9 nitrogen and oxygen atoms in total. The molecule has 0 aliphatic carbocycles. The lowest BCUT2D eigenvalue weighted by Gasteiger charge is -2.26. The molecule has 4 atom stereocenters. The minimum absolute atomic E-state index is 0.0613. The van der Waals surface area contributed by atoms with Gasteiger partial charge in [0.25, 0.3) is 0 Å². The predicted octanol–water partition coefficient (Wildman–Crippen LogP) is 2.50. The molecule has 2 aliphatic rings. The summed E-state index contributed by atoms with van der Waals surface area (Å²) >= 11 is 0. The second-order valence-corrected chi connectivity index (χ2v) is 7.93. The molecule has 2 saturated heterocycles. The first-order valence-corrected chi connectivity index (χ1v) is 10.3. The average Bonchev–Trinajstić information content (AvgIpc) is 3.13. The number of nitrogens with one attached hydrogen (secondary N) is 2. The predicted molar refractivity (Wildman–Crippen MR) is 108 cm³/mol. The molecule has 0 aromatic heterocycles. The first-order valence-electron chi connectivity index (χ1n) is 10.3. The molecule has 2 heterocycles. The normalized spacial score (nSPS) is 26.9. The van der Waals surface area contributed by atoms with Gasteiger partial charge < -0.3 is 34.7 Å². The molecular weight excluding hydrogens is 392 g/mol. The Kier molecular flexibility index (Phi) is 7.30. The van der Waals surface area contributed by atoms with Gasteiger partial charge in [0.05, 0.1) is 6.42 Å². The van der Waals surface area contributed by atoms with Gasteiger partial charge in [-0.2, -0.15) is 0 Å². The monoisotopic (exact) mass is 422 g/mol. The van der Waals surface area contributed by atoms with Gasteiger partial charge in [-0.25, -0.2) is 4.79 Å². The highest BCUT2D eigenvalue weighted by Crippen LogP contribution is 2.38. The van der Waals surface area contributed by atoms with E-state index in [1.165, 1.54) is 0 Å². The summed E-state index contributed by atoms with van der Waals surface area (Å²) in [6, 6.07) is 6.26. The van der Waals surface area contributed by atoms with Gasteiger partial charge in [-0.1, -0.05) is 25.5 Å². The Hall–Kier alpha value is -2.20. The number of amides is 2. The van der Waals surface area contributed by atoms with Crippen LogP contribution in [0.5, 0.6) is 0 Å². The van der Waals surface area contributed by atoms with Crippen LogP contribution in [0.3, 0.4) is 0 Å². The molecule has 3 N–H and O–H groups in total. The third kappa shape index (κ3) is 5.91. The number of hydrogen-bond acceptors (Lipinski definition) is 6. The number of ether oxygens (including phenoxy) is 4. The van der Waals surface area contributed by atoms with Crippen LogP contribution >= 0.6 is 0 Å². The Balaban J connectivity index is 1.51. The molecule has 9 heteroatoms. The maximum Gasteiger partial charge on any atom is 0.319 e. The molecule has 1 aromatic carbocycles. The number of anilines is 1. The number of aliphatic carboxylic acids is 1. The van der Waals surface area contributed by atoms with E-state index >= 15 is 0 Å². The fourth-order valence-corrected chi connectivity index (χ4v) is 3.53. The van der Waals surface area contributed by atoms with E-state index in [9.17, 15) is 9.59 Å². The fraction of sp³-hybridized carbons (Fsp3) is 0.619. The molecule has 2 fully saturated rings. The Morgan fingerprint density at radius 1 is 1.20 bits per heavy atom. The number of carboxylic acid groups (broad SMARTS) is 1. The van der Waals surface area contributed by atoms with Crippen molar-refractivity contribution < 1.29 is 33.6 Å². The summed E-state index contributed by atoms with van der Waals surface area (Å²) in [5, 5.41) is 14.3. The number of carbonyl (C=O) groups is 2. The number of urea groups is 1. The summed E-state index contributed by atoms with van der Waals surface area (Å²) in [5.74, 6) is -1.63. The molecule has 0 radical (unpaired) electrons. The number of carbonyl (C=O) groups excluding carboxylic acids is 1. The van der Waals surface area contributed by atoms with E-state index in [0.717, 1.165) is 12.8 Å². The molecule has 0 spiro atoms. The van der Waals surface area contributed by atoms with Crippen molar-refractivity contribution in [3.05, 3.63) is 29.8 Å². The van der Waals surface area contributed by atoms with Gasteiger partial charge in [0.1, 0.15) is 18.3 Å². The van der Waals surface area contributed by atoms with Crippen molar-refractivity contribution in [2.45, 2.75) is 70.4 Å². The lowest BCUT2D eigenvalue weighted by Crippen LogP contribution is -2.44. The van der Waals surface area contributed by atoms with Crippen LogP contribution < -0.4 is 10.6 Å². The van der Waals surface area contributed by atoms with Crippen LogP contribution in [-0.4, -0.2) is 60.6 Å². The third-order valence-corrected chi connectivity index (χ3v) is 4.93. The van der Waals surface area contributed by atoms with Crippen molar-refractivity contribution >= 4 is 17.7 Å². The van der Waals surface area contributed by atoms with E-state index in [0.29, 0.717) is 17.9 Å². The van der Waals surface area contributed by atoms with Gasteiger partial charge in [0.15, 0.2) is 12.1 Å². The van der Waals surface area contributed by atoms with Crippen LogP contribution in [0.2, 0.25) is 0 Å². The van der Waals surface area contributed by atoms with Crippen molar-refractivity contribution in [1.82, 2.24) is 5.32 Å². The standard InChI is InChI=1S/C21H30N2O7/c1-4-5-10-27-17-15(28-19-18(17)29-21(2,3)30-19)12-22-20(26)23-14-8-6-13(7-9-14)11-16(24)25/h6-9,15,17-19H,4-5,10-12H2,1-3H3,(H,24,25)(H2,22,23,26)/t15-,17-,18+,19+/m0/s1. The topological polar surface area (TPSA) is 115 Å². The molecule has 30 heavy (non-hydrogen) atoms. The van der Waals surface area contributed by atoms with E-state index in [1.807, 2.05) is 13.8 Å². The number of fused-ring (bicyclic) bond motifs is 1. The summed E-state index contributed by atoms with van der Waals surface area (Å²) in [4.78, 5) is 23.0. The van der Waals surface area contributed by atoms with Gasteiger partial charge in [0.2, 0.25) is 0 Å². The molecule has 0 saturated carbocycles. The van der Waals surface area contributed by atoms with Crippen LogP contribution in [-0.2, 0) is 30.2 Å². The van der Waals surface area contributed by atoms with Crippen LogP contribution in [0, 0.1) is 0 Å². The maximum atomic E-state index is 12.3. The summed E-state index contributed by atoms with van der Waals surface area (Å²) in [5.41, 5.74) is 1.23. The third-order valence-electron chi connectivity index (χ3n) is 4.93. The van der Waals surface area contributed by atoms with E-state index in [1.54, 1.807) is 24.3 Å². The zero-order valence-electron chi connectivity index (χ0n) is 17.6. The van der Waals surface area contributed by atoms with Crippen molar-refractivity contribution in [1.29, 1.82) is 0 Å². The van der Waals surface area contributed by atoms with E-state index in [4.69, 9.17) is 24.1 Å². The number of carboxylic acids is 1. The van der Waals surface area contributed by atoms with E-state index < -0.39 is 30.2 Å². The summed E-state index contributed by atoms with van der Waals surface area (Å²) in [6.07, 6.45) is 0.290. The smallest absolute Gasteiger partial charge is 0.319 e.